The summed E-state index contributed by atoms with van der Waals surface area (Å²) in [5, 5.41) is 3.10. The predicted octanol–water partition coefficient (Wildman–Crippen LogP) is 2.20. The van der Waals surface area contributed by atoms with E-state index in [-0.39, 0.29) is 11.4 Å². The van der Waals surface area contributed by atoms with E-state index in [1.54, 1.807) is 0 Å². The molecule has 0 spiro atoms. The number of hydrogen-bond acceptors (Lipinski definition) is 3. The Morgan fingerprint density at radius 2 is 2.06 bits per heavy atom. The van der Waals surface area contributed by atoms with Crippen LogP contribution < -0.4 is 16.6 Å². The van der Waals surface area contributed by atoms with Gasteiger partial charge in [0.15, 0.2) is 0 Å². The van der Waals surface area contributed by atoms with Gasteiger partial charge < -0.3 is 10.7 Å². The number of amides is 1. The van der Waals surface area contributed by atoms with Gasteiger partial charge in [-0.3, -0.25) is 10.6 Å². The number of nitrogens with two attached hydrogens (primary N) is 1. The molecule has 1 aromatic carbocycles. The minimum Gasteiger partial charge on any atom is -0.347 e. The van der Waals surface area contributed by atoms with Gasteiger partial charge in [0.2, 0.25) is 0 Å². The third-order valence-corrected chi connectivity index (χ3v) is 3.61. The first-order chi connectivity index (χ1) is 8.44. The third kappa shape index (κ3) is 2.64. The average Bonchev–Trinajstić information content (AvgIpc) is 3.12. The monoisotopic (exact) mass is 247 g/mol. The fraction of sp³-hybridized carbons (Fsp3) is 0.500. The van der Waals surface area contributed by atoms with Gasteiger partial charge in [0.1, 0.15) is 0 Å². The van der Waals surface area contributed by atoms with Crippen molar-refractivity contribution in [2.45, 2.75) is 39.2 Å². The molecule has 1 aliphatic rings. The summed E-state index contributed by atoms with van der Waals surface area (Å²) < 4.78 is 0. The largest absolute Gasteiger partial charge is 0.347 e. The van der Waals surface area contributed by atoms with E-state index in [0.717, 1.165) is 5.56 Å². The Balaban J connectivity index is 2.20. The highest BCUT2D eigenvalue weighted by atomic mass is 16.1. The highest BCUT2D eigenvalue weighted by Crippen LogP contribution is 2.39. The van der Waals surface area contributed by atoms with Gasteiger partial charge in [-0.15, -0.1) is 0 Å². The Labute approximate surface area is 108 Å². The van der Waals surface area contributed by atoms with Crippen molar-refractivity contribution in [2.24, 2.45) is 11.8 Å². The molecular weight excluding hydrogens is 226 g/mol. The molecule has 1 saturated carbocycles. The summed E-state index contributed by atoms with van der Waals surface area (Å²) in [5.41, 5.74) is 4.73. The maximum Gasteiger partial charge on any atom is 0.253 e. The number of carbonyl (C=O) groups excluding carboxylic acids is 1. The van der Waals surface area contributed by atoms with Gasteiger partial charge in [-0.05, 0) is 51.7 Å². The summed E-state index contributed by atoms with van der Waals surface area (Å²) in [6.07, 6.45) is 2.40. The molecule has 0 atom stereocenters. The maximum atomic E-state index is 12.3. The molecule has 4 heteroatoms. The number of benzene rings is 1. The predicted molar refractivity (Wildman–Crippen MR) is 73.3 cm³/mol. The van der Waals surface area contributed by atoms with Crippen LogP contribution in [0.3, 0.4) is 0 Å². The van der Waals surface area contributed by atoms with Gasteiger partial charge >= 0.3 is 0 Å². The van der Waals surface area contributed by atoms with Crippen LogP contribution in [0.15, 0.2) is 18.2 Å². The molecule has 0 saturated heterocycles. The fourth-order valence-corrected chi connectivity index (χ4v) is 2.24. The zero-order chi connectivity index (χ0) is 13.3. The van der Waals surface area contributed by atoms with Crippen LogP contribution in [-0.4, -0.2) is 11.4 Å². The molecule has 0 aromatic heterocycles. The van der Waals surface area contributed by atoms with E-state index in [1.807, 2.05) is 25.1 Å². The molecule has 0 radical (unpaired) electrons. The average molecular weight is 247 g/mol. The molecule has 0 heterocycles. The van der Waals surface area contributed by atoms with Gasteiger partial charge in [-0.1, -0.05) is 11.6 Å². The zero-order valence-corrected chi connectivity index (χ0v) is 11.2. The smallest absolute Gasteiger partial charge is 0.253 e. The second-order valence-electron chi connectivity index (χ2n) is 5.64. The first-order valence-electron chi connectivity index (χ1n) is 6.34. The van der Waals surface area contributed by atoms with Crippen molar-refractivity contribution < 1.29 is 4.79 Å². The van der Waals surface area contributed by atoms with Gasteiger partial charge in [-0.25, -0.2) is 0 Å². The number of nitrogens with one attached hydrogen (secondary N) is 2. The van der Waals surface area contributed by atoms with Gasteiger partial charge in [0, 0.05) is 5.54 Å². The number of anilines is 1. The highest BCUT2D eigenvalue weighted by molar-refractivity contribution is 6.00. The Morgan fingerprint density at radius 1 is 1.39 bits per heavy atom. The molecule has 0 aliphatic heterocycles. The molecule has 0 bridgehead atoms. The van der Waals surface area contributed by atoms with Crippen molar-refractivity contribution in [3.05, 3.63) is 29.3 Å². The van der Waals surface area contributed by atoms with Crippen LogP contribution in [0.2, 0.25) is 0 Å². The molecule has 1 amide bonds. The van der Waals surface area contributed by atoms with Gasteiger partial charge in [0.05, 0.1) is 11.3 Å². The van der Waals surface area contributed by atoms with Crippen molar-refractivity contribution in [3.8, 4) is 0 Å². The summed E-state index contributed by atoms with van der Waals surface area (Å²) in [6, 6.07) is 5.61. The van der Waals surface area contributed by atoms with Crippen molar-refractivity contribution in [2.75, 3.05) is 5.43 Å². The second kappa shape index (κ2) is 4.61. The fourth-order valence-electron chi connectivity index (χ4n) is 2.24. The summed E-state index contributed by atoms with van der Waals surface area (Å²) in [6.45, 7) is 6.12. The second-order valence-corrected chi connectivity index (χ2v) is 5.64. The van der Waals surface area contributed by atoms with E-state index in [2.05, 4.69) is 24.6 Å². The number of hydrazine groups is 1. The van der Waals surface area contributed by atoms with Crippen molar-refractivity contribution >= 4 is 11.6 Å². The minimum absolute atomic E-state index is 0.0662. The highest BCUT2D eigenvalue weighted by Gasteiger charge is 2.39. The summed E-state index contributed by atoms with van der Waals surface area (Å²) in [4.78, 5) is 12.3. The standard InChI is InChI=1S/C14H21N3O/c1-9-4-7-12(17-15)11(8-9)13(18)16-14(2,3)10-5-6-10/h4,7-8,10,17H,5-6,15H2,1-3H3,(H,16,18). The van der Waals surface area contributed by atoms with E-state index in [9.17, 15) is 4.79 Å². The lowest BCUT2D eigenvalue weighted by Gasteiger charge is -2.26. The lowest BCUT2D eigenvalue weighted by Crippen LogP contribution is -2.45. The molecule has 18 heavy (non-hydrogen) atoms. The van der Waals surface area contributed by atoms with Crippen molar-refractivity contribution in [3.63, 3.8) is 0 Å². The van der Waals surface area contributed by atoms with Gasteiger partial charge in [0.25, 0.3) is 5.91 Å². The van der Waals surface area contributed by atoms with E-state index in [1.165, 1.54) is 12.8 Å². The minimum atomic E-state index is -0.146. The number of nitrogen functional groups attached to an aromatic ring is 1. The molecule has 1 aromatic rings. The molecule has 1 fully saturated rings. The summed E-state index contributed by atoms with van der Waals surface area (Å²) in [5.74, 6) is 5.98. The van der Waals surface area contributed by atoms with E-state index in [4.69, 9.17) is 5.84 Å². The molecule has 4 N–H and O–H groups in total. The van der Waals surface area contributed by atoms with Gasteiger partial charge in [-0.2, -0.15) is 0 Å². The molecule has 4 nitrogen and oxygen atoms in total. The Hall–Kier alpha value is -1.55. The lowest BCUT2D eigenvalue weighted by molar-refractivity contribution is 0.0904. The van der Waals surface area contributed by atoms with E-state index in [0.29, 0.717) is 17.2 Å². The Bertz CT molecular complexity index is 464. The third-order valence-electron chi connectivity index (χ3n) is 3.61. The molecule has 0 unspecified atom stereocenters. The van der Waals surface area contributed by atoms with Crippen LogP contribution in [0.4, 0.5) is 5.69 Å². The topological polar surface area (TPSA) is 67.1 Å². The van der Waals surface area contributed by atoms with Crippen molar-refractivity contribution in [1.29, 1.82) is 0 Å². The van der Waals surface area contributed by atoms with Crippen LogP contribution >= 0.6 is 0 Å². The number of rotatable bonds is 4. The summed E-state index contributed by atoms with van der Waals surface area (Å²) in [7, 11) is 0. The number of carbonyl (C=O) groups is 1. The van der Waals surface area contributed by atoms with Crippen LogP contribution in [0.1, 0.15) is 42.6 Å². The number of hydrogen-bond donors (Lipinski definition) is 3. The normalized spacial score (nSPS) is 15.3. The Morgan fingerprint density at radius 3 is 2.61 bits per heavy atom. The zero-order valence-electron chi connectivity index (χ0n) is 11.2. The van der Waals surface area contributed by atoms with E-state index < -0.39 is 0 Å². The van der Waals surface area contributed by atoms with Crippen LogP contribution in [-0.2, 0) is 0 Å². The first kappa shape index (κ1) is 12.9. The SMILES string of the molecule is Cc1ccc(NN)c(C(=O)NC(C)(C)C2CC2)c1. The van der Waals surface area contributed by atoms with E-state index >= 15 is 0 Å². The Kier molecular flexibility index (Phi) is 3.30. The summed E-state index contributed by atoms with van der Waals surface area (Å²) >= 11 is 0. The van der Waals surface area contributed by atoms with Crippen LogP contribution in [0.5, 0.6) is 0 Å². The maximum absolute atomic E-state index is 12.3. The molecular formula is C14H21N3O. The number of aryl methyl sites for hydroxylation is 1. The molecule has 1 aliphatic carbocycles. The van der Waals surface area contributed by atoms with Crippen LogP contribution in [0, 0.1) is 12.8 Å². The lowest BCUT2D eigenvalue weighted by atomic mass is 9.97. The quantitative estimate of drug-likeness (QED) is 0.564. The molecule has 98 valence electrons. The molecule has 2 rings (SSSR count). The van der Waals surface area contributed by atoms with Crippen LogP contribution in [0.25, 0.3) is 0 Å². The first-order valence-corrected chi connectivity index (χ1v) is 6.34. The van der Waals surface area contributed by atoms with Crippen molar-refractivity contribution in [1.82, 2.24) is 5.32 Å².